The van der Waals surface area contributed by atoms with Gasteiger partial charge in [0.15, 0.2) is 0 Å². The number of amides is 1. The Morgan fingerprint density at radius 2 is 1.76 bits per heavy atom. The second-order valence-corrected chi connectivity index (χ2v) is 8.78. The van der Waals surface area contributed by atoms with Crippen molar-refractivity contribution in [2.75, 3.05) is 0 Å². The maximum absolute atomic E-state index is 13.2. The number of rotatable bonds is 4. The van der Waals surface area contributed by atoms with Crippen molar-refractivity contribution < 1.29 is 19.4 Å². The van der Waals surface area contributed by atoms with E-state index in [0.717, 1.165) is 34.4 Å². The smallest absolute Gasteiger partial charge is 0.295 e. The van der Waals surface area contributed by atoms with E-state index in [1.165, 1.54) is 0 Å². The Labute approximate surface area is 192 Å². The molecule has 2 heterocycles. The highest BCUT2D eigenvalue weighted by molar-refractivity contribution is 6.46. The van der Waals surface area contributed by atoms with Gasteiger partial charge in [0.05, 0.1) is 11.6 Å². The normalized spacial score (nSPS) is 21.2. The Balaban J connectivity index is 1.62. The summed E-state index contributed by atoms with van der Waals surface area (Å²) in [6.07, 6.45) is 0.807. The zero-order valence-corrected chi connectivity index (χ0v) is 18.6. The summed E-state index contributed by atoms with van der Waals surface area (Å²) in [4.78, 5) is 27.9. The third-order valence-corrected chi connectivity index (χ3v) is 6.30. The third kappa shape index (κ3) is 3.80. The number of ketones is 1. The highest BCUT2D eigenvalue weighted by atomic mass is 16.5. The number of benzene rings is 3. The second kappa shape index (κ2) is 8.24. The first-order chi connectivity index (χ1) is 15.9. The number of carbonyl (C=O) groups is 2. The average Bonchev–Trinajstić information content (AvgIpc) is 3.31. The molecule has 5 nitrogen and oxygen atoms in total. The minimum atomic E-state index is -0.672. The van der Waals surface area contributed by atoms with Gasteiger partial charge in [-0.2, -0.15) is 0 Å². The number of carbonyl (C=O) groups excluding carboxylic acids is 2. The lowest BCUT2D eigenvalue weighted by Crippen LogP contribution is -2.29. The van der Waals surface area contributed by atoms with E-state index < -0.39 is 17.7 Å². The molecule has 33 heavy (non-hydrogen) atoms. The predicted molar refractivity (Wildman–Crippen MR) is 126 cm³/mol. The van der Waals surface area contributed by atoms with Crippen molar-refractivity contribution in [2.45, 2.75) is 39.0 Å². The van der Waals surface area contributed by atoms with Crippen LogP contribution in [0.2, 0.25) is 0 Å². The number of hydrogen-bond acceptors (Lipinski definition) is 4. The first-order valence-electron chi connectivity index (χ1n) is 11.1. The number of aliphatic hydroxyl groups is 1. The first kappa shape index (κ1) is 21.0. The number of nitrogens with zero attached hydrogens (tertiary/aromatic N) is 1. The molecular weight excluding hydrogens is 414 g/mol. The Morgan fingerprint density at radius 3 is 2.48 bits per heavy atom. The lowest BCUT2D eigenvalue weighted by molar-refractivity contribution is -0.140. The number of ether oxygens (including phenoxy) is 1. The van der Waals surface area contributed by atoms with Crippen LogP contribution in [0.25, 0.3) is 5.76 Å². The summed E-state index contributed by atoms with van der Waals surface area (Å²) >= 11 is 0. The van der Waals surface area contributed by atoms with Crippen LogP contribution in [0.1, 0.15) is 40.8 Å². The van der Waals surface area contributed by atoms with Gasteiger partial charge in [0, 0.05) is 18.5 Å². The van der Waals surface area contributed by atoms with Crippen LogP contribution in [0.5, 0.6) is 5.75 Å². The molecule has 0 aromatic heterocycles. The summed E-state index contributed by atoms with van der Waals surface area (Å²) in [6.45, 7) is 4.25. The molecule has 0 saturated carbocycles. The Kier molecular flexibility index (Phi) is 5.25. The van der Waals surface area contributed by atoms with Gasteiger partial charge in [-0.05, 0) is 48.7 Å². The van der Waals surface area contributed by atoms with Gasteiger partial charge in [0.2, 0.25) is 0 Å². The molecule has 1 fully saturated rings. The number of Topliss-reactive ketones (excluding diaryl/α,β-unsaturated/α-hetero) is 1. The molecule has 0 spiro atoms. The minimum absolute atomic E-state index is 0.0707. The number of hydrogen-bond donors (Lipinski definition) is 1. The van der Waals surface area contributed by atoms with Crippen molar-refractivity contribution in [3.05, 3.63) is 106 Å². The molecule has 1 amide bonds. The van der Waals surface area contributed by atoms with Crippen LogP contribution in [0, 0.1) is 6.92 Å². The molecule has 1 saturated heterocycles. The third-order valence-electron chi connectivity index (χ3n) is 6.30. The SMILES string of the molecule is Cc1ccc([C@H]2/C(=C(\O)c3ccc4c(c3)C[C@@H](C)O4)C(=O)C(=O)N2Cc2ccccc2)cc1. The van der Waals surface area contributed by atoms with Crippen LogP contribution >= 0.6 is 0 Å². The predicted octanol–water partition coefficient (Wildman–Crippen LogP) is 4.94. The van der Waals surface area contributed by atoms with Crippen LogP contribution in [-0.4, -0.2) is 27.8 Å². The molecule has 1 N–H and O–H groups in total. The van der Waals surface area contributed by atoms with Crippen LogP contribution < -0.4 is 4.74 Å². The number of aryl methyl sites for hydroxylation is 1. The van der Waals surface area contributed by atoms with Gasteiger partial charge >= 0.3 is 0 Å². The maximum Gasteiger partial charge on any atom is 0.295 e. The van der Waals surface area contributed by atoms with Gasteiger partial charge in [-0.1, -0.05) is 60.2 Å². The molecule has 2 aliphatic heterocycles. The van der Waals surface area contributed by atoms with Gasteiger partial charge in [0.1, 0.15) is 17.6 Å². The standard InChI is InChI=1S/C28H25NO4/c1-17-8-10-20(11-9-17)25-24(26(30)21-12-13-23-22(15-21)14-18(2)33-23)27(31)28(32)29(25)16-19-6-4-3-5-7-19/h3-13,15,18,25,30H,14,16H2,1-2H3/b26-24+/t18-,25+/m1/s1. The monoisotopic (exact) mass is 439 g/mol. The van der Waals surface area contributed by atoms with Gasteiger partial charge in [-0.25, -0.2) is 0 Å². The maximum atomic E-state index is 13.2. The zero-order valence-electron chi connectivity index (χ0n) is 18.6. The van der Waals surface area contributed by atoms with Crippen molar-refractivity contribution in [3.8, 4) is 5.75 Å². The molecule has 166 valence electrons. The molecule has 3 aromatic rings. The molecule has 5 heteroatoms. The lowest BCUT2D eigenvalue weighted by atomic mass is 9.94. The summed E-state index contributed by atoms with van der Waals surface area (Å²) in [6, 6.07) is 22.0. The van der Waals surface area contributed by atoms with Crippen molar-refractivity contribution >= 4 is 17.4 Å². The van der Waals surface area contributed by atoms with Crippen molar-refractivity contribution in [3.63, 3.8) is 0 Å². The highest BCUT2D eigenvalue weighted by Gasteiger charge is 2.46. The molecule has 0 radical (unpaired) electrons. The minimum Gasteiger partial charge on any atom is -0.507 e. The van der Waals surface area contributed by atoms with Gasteiger partial charge in [0.25, 0.3) is 11.7 Å². The first-order valence-corrected chi connectivity index (χ1v) is 11.1. The molecular formula is C28H25NO4. The fraction of sp³-hybridized carbons (Fsp3) is 0.214. The lowest BCUT2D eigenvalue weighted by Gasteiger charge is -2.25. The average molecular weight is 440 g/mol. The highest BCUT2D eigenvalue weighted by Crippen LogP contribution is 2.41. The van der Waals surface area contributed by atoms with Crippen molar-refractivity contribution in [1.29, 1.82) is 0 Å². The largest absolute Gasteiger partial charge is 0.507 e. The van der Waals surface area contributed by atoms with Crippen LogP contribution in [0.3, 0.4) is 0 Å². The van der Waals surface area contributed by atoms with Crippen LogP contribution in [0.4, 0.5) is 0 Å². The van der Waals surface area contributed by atoms with Crippen LogP contribution in [-0.2, 0) is 22.6 Å². The Morgan fingerprint density at radius 1 is 1.03 bits per heavy atom. The van der Waals surface area contributed by atoms with E-state index in [9.17, 15) is 14.7 Å². The molecule has 3 aromatic carbocycles. The Hall–Kier alpha value is -3.86. The van der Waals surface area contributed by atoms with E-state index in [0.29, 0.717) is 5.56 Å². The van der Waals surface area contributed by atoms with E-state index >= 15 is 0 Å². The summed E-state index contributed by atoms with van der Waals surface area (Å²) in [7, 11) is 0. The molecule has 2 atom stereocenters. The molecule has 0 unspecified atom stereocenters. The molecule has 5 rings (SSSR count). The Bertz CT molecular complexity index is 1260. The van der Waals surface area contributed by atoms with Crippen molar-refractivity contribution in [1.82, 2.24) is 4.90 Å². The number of aliphatic hydroxyl groups excluding tert-OH is 1. The van der Waals surface area contributed by atoms with Crippen LogP contribution in [0.15, 0.2) is 78.4 Å². The van der Waals surface area contributed by atoms with E-state index in [2.05, 4.69) is 0 Å². The van der Waals surface area contributed by atoms with E-state index in [-0.39, 0.29) is 24.0 Å². The molecule has 0 bridgehead atoms. The summed E-state index contributed by atoms with van der Waals surface area (Å²) in [5.74, 6) is -0.640. The fourth-order valence-electron chi connectivity index (χ4n) is 4.64. The van der Waals surface area contributed by atoms with E-state index in [1.807, 2.05) is 80.6 Å². The quantitative estimate of drug-likeness (QED) is 0.355. The van der Waals surface area contributed by atoms with Gasteiger partial charge in [-0.3, -0.25) is 9.59 Å². The van der Waals surface area contributed by atoms with E-state index in [1.54, 1.807) is 11.0 Å². The van der Waals surface area contributed by atoms with Gasteiger partial charge < -0.3 is 14.7 Å². The number of fused-ring (bicyclic) bond motifs is 1. The summed E-state index contributed by atoms with van der Waals surface area (Å²) in [5.41, 5.74) is 4.40. The molecule has 2 aliphatic rings. The fourth-order valence-corrected chi connectivity index (χ4v) is 4.64. The number of likely N-dealkylation sites (tertiary alicyclic amines) is 1. The summed E-state index contributed by atoms with van der Waals surface area (Å²) in [5, 5.41) is 11.3. The van der Waals surface area contributed by atoms with E-state index in [4.69, 9.17) is 4.74 Å². The molecule has 0 aliphatic carbocycles. The summed E-state index contributed by atoms with van der Waals surface area (Å²) < 4.78 is 5.76. The van der Waals surface area contributed by atoms with Crippen molar-refractivity contribution in [2.24, 2.45) is 0 Å². The topological polar surface area (TPSA) is 66.8 Å². The second-order valence-electron chi connectivity index (χ2n) is 8.78. The zero-order chi connectivity index (χ0) is 23.1. The van der Waals surface area contributed by atoms with Gasteiger partial charge in [-0.15, -0.1) is 0 Å².